The van der Waals surface area contributed by atoms with E-state index in [1.165, 1.54) is 5.01 Å². The Bertz CT molecular complexity index is 154. The normalized spacial score (nSPS) is 10.6. The molecule has 0 fully saturated rings. The van der Waals surface area contributed by atoms with Crippen molar-refractivity contribution in [3.63, 3.8) is 0 Å². The summed E-state index contributed by atoms with van der Waals surface area (Å²) in [5.41, 5.74) is 0. The van der Waals surface area contributed by atoms with Gasteiger partial charge in [0.05, 0.1) is 6.10 Å². The highest BCUT2D eigenvalue weighted by molar-refractivity contribution is 5.67. The maximum atomic E-state index is 10.6. The van der Waals surface area contributed by atoms with Crippen molar-refractivity contribution in [2.45, 2.75) is 20.0 Å². The molecule has 0 aromatic heterocycles. The molecule has 11 heavy (non-hydrogen) atoms. The number of amides is 1. The Morgan fingerprint density at radius 3 is 2.36 bits per heavy atom. The van der Waals surface area contributed by atoms with Crippen molar-refractivity contribution in [3.8, 4) is 0 Å². The molecular weight excluding hydrogens is 146 g/mol. The number of hydrogen-bond acceptors (Lipinski definition) is 3. The third-order valence-electron chi connectivity index (χ3n) is 0.642. The first-order valence-electron chi connectivity index (χ1n) is 3.32. The van der Waals surface area contributed by atoms with Gasteiger partial charge in [-0.15, -0.1) is 0 Å². The van der Waals surface area contributed by atoms with Gasteiger partial charge in [0.2, 0.25) is 0 Å². The zero-order chi connectivity index (χ0) is 8.85. The topological polar surface area (TPSA) is 54.3 Å². The Kier molecular flexibility index (Phi) is 4.17. The van der Waals surface area contributed by atoms with E-state index in [9.17, 15) is 4.79 Å². The number of nitrogens with zero attached hydrogens (tertiary/aromatic N) is 3. The Labute approximate surface area is 66.0 Å². The number of carbonyl (C=O) groups is 1. The van der Waals surface area contributed by atoms with Crippen LogP contribution in [0.15, 0.2) is 10.3 Å². The third kappa shape index (κ3) is 6.76. The number of hydrogen-bond donors (Lipinski definition) is 0. The van der Waals surface area contributed by atoms with Crippen LogP contribution in [-0.4, -0.2) is 31.3 Å². The van der Waals surface area contributed by atoms with Gasteiger partial charge < -0.3 is 4.74 Å². The Morgan fingerprint density at radius 2 is 2.00 bits per heavy atom. The molecule has 0 bridgehead atoms. The molecule has 5 heteroatoms. The van der Waals surface area contributed by atoms with Crippen molar-refractivity contribution in [2.75, 3.05) is 14.1 Å². The maximum absolute atomic E-state index is 10.6. The Balaban J connectivity index is 3.69. The first-order valence-corrected chi connectivity index (χ1v) is 3.32. The smallest absolute Gasteiger partial charge is 0.444 e. The van der Waals surface area contributed by atoms with Crippen molar-refractivity contribution in [1.29, 1.82) is 0 Å². The van der Waals surface area contributed by atoms with Crippen LogP contribution < -0.4 is 0 Å². The molecule has 0 aliphatic carbocycles. The molecule has 0 N–H and O–H groups in total. The number of rotatable bonds is 2. The Morgan fingerprint density at radius 1 is 1.45 bits per heavy atom. The fraction of sp³-hybridized carbons (Fsp3) is 0.833. The molecule has 5 nitrogen and oxygen atoms in total. The minimum absolute atomic E-state index is 0.149. The summed E-state index contributed by atoms with van der Waals surface area (Å²) in [6, 6.07) is 0. The molecule has 0 saturated heterocycles. The molecule has 64 valence electrons. The van der Waals surface area contributed by atoms with Gasteiger partial charge in [-0.05, 0) is 13.8 Å². The van der Waals surface area contributed by atoms with Gasteiger partial charge in [-0.25, -0.2) is 4.79 Å². The summed E-state index contributed by atoms with van der Waals surface area (Å²) in [5.74, 6) is 0. The van der Waals surface area contributed by atoms with Crippen molar-refractivity contribution >= 4 is 6.09 Å². The van der Waals surface area contributed by atoms with Crippen LogP contribution in [0.5, 0.6) is 0 Å². The lowest BCUT2D eigenvalue weighted by Gasteiger charge is -2.03. The van der Waals surface area contributed by atoms with E-state index in [1.54, 1.807) is 27.9 Å². The molecule has 0 atom stereocenters. The lowest BCUT2D eigenvalue weighted by Crippen LogP contribution is -2.08. The largest absolute Gasteiger partial charge is 0.454 e. The van der Waals surface area contributed by atoms with E-state index >= 15 is 0 Å². The van der Waals surface area contributed by atoms with E-state index in [1.807, 2.05) is 0 Å². The van der Waals surface area contributed by atoms with Gasteiger partial charge >= 0.3 is 6.09 Å². The lowest BCUT2D eigenvalue weighted by molar-refractivity contribution is 0.122. The second-order valence-corrected chi connectivity index (χ2v) is 2.47. The second kappa shape index (κ2) is 4.65. The molecule has 0 spiro atoms. The van der Waals surface area contributed by atoms with Crippen molar-refractivity contribution in [2.24, 2.45) is 10.3 Å². The first-order chi connectivity index (χ1) is 5.02. The zero-order valence-electron chi connectivity index (χ0n) is 7.24. The summed E-state index contributed by atoms with van der Waals surface area (Å²) in [4.78, 5) is 10.6. The fourth-order valence-corrected chi connectivity index (χ4v) is 0.351. The van der Waals surface area contributed by atoms with Gasteiger partial charge in [-0.3, -0.25) is 5.01 Å². The summed E-state index contributed by atoms with van der Waals surface area (Å²) in [6.07, 6.45) is -0.808. The van der Waals surface area contributed by atoms with Crippen molar-refractivity contribution in [1.82, 2.24) is 5.01 Å². The van der Waals surface area contributed by atoms with Crippen LogP contribution in [0.4, 0.5) is 4.79 Å². The van der Waals surface area contributed by atoms with Crippen molar-refractivity contribution in [3.05, 3.63) is 0 Å². The average Bonchev–Trinajstić information content (AvgIpc) is 1.82. The molecule has 0 aromatic carbocycles. The molecule has 0 rings (SSSR count). The Hall–Kier alpha value is -1.13. The molecule has 1 amide bonds. The number of ether oxygens (including phenoxy) is 1. The van der Waals surface area contributed by atoms with Gasteiger partial charge in [-0.2, -0.15) is 0 Å². The fourth-order valence-electron chi connectivity index (χ4n) is 0.351. The van der Waals surface area contributed by atoms with Crippen LogP contribution in [-0.2, 0) is 4.74 Å². The summed E-state index contributed by atoms with van der Waals surface area (Å²) in [7, 11) is 3.35. The second-order valence-electron chi connectivity index (χ2n) is 2.47. The minimum Gasteiger partial charge on any atom is -0.444 e. The predicted molar refractivity (Wildman–Crippen MR) is 40.2 cm³/mol. The van der Waals surface area contributed by atoms with Crippen LogP contribution in [0.2, 0.25) is 0 Å². The SMILES string of the molecule is CC(C)OC(=O)N=NN(C)C. The van der Waals surface area contributed by atoms with Crippen LogP contribution in [0.1, 0.15) is 13.8 Å². The molecule has 0 aliphatic rings. The molecular formula is C6H13N3O2. The van der Waals surface area contributed by atoms with Crippen LogP contribution in [0.3, 0.4) is 0 Å². The highest BCUT2D eigenvalue weighted by atomic mass is 16.6. The quantitative estimate of drug-likeness (QED) is 0.452. The zero-order valence-corrected chi connectivity index (χ0v) is 7.24. The van der Waals surface area contributed by atoms with Gasteiger partial charge in [0.25, 0.3) is 0 Å². The highest BCUT2D eigenvalue weighted by Crippen LogP contribution is 1.92. The van der Waals surface area contributed by atoms with Crippen LogP contribution in [0.25, 0.3) is 0 Å². The van der Waals surface area contributed by atoms with E-state index in [2.05, 4.69) is 15.1 Å². The molecule has 0 saturated carbocycles. The summed E-state index contributed by atoms with van der Waals surface area (Å²) in [5, 5.41) is 8.13. The lowest BCUT2D eigenvalue weighted by atomic mass is 10.5. The van der Waals surface area contributed by atoms with Gasteiger partial charge in [0.15, 0.2) is 0 Å². The van der Waals surface area contributed by atoms with E-state index in [-0.39, 0.29) is 6.10 Å². The first kappa shape index (κ1) is 9.87. The molecule has 0 aliphatic heterocycles. The predicted octanol–water partition coefficient (Wildman–Crippen LogP) is 1.46. The summed E-state index contributed by atoms with van der Waals surface area (Å²) < 4.78 is 4.67. The van der Waals surface area contributed by atoms with E-state index in [0.717, 1.165) is 0 Å². The molecule has 0 aromatic rings. The molecule has 0 radical (unpaired) electrons. The molecule has 0 unspecified atom stereocenters. The van der Waals surface area contributed by atoms with Gasteiger partial charge in [0.1, 0.15) is 0 Å². The van der Waals surface area contributed by atoms with Gasteiger partial charge in [-0.1, -0.05) is 10.3 Å². The average molecular weight is 159 g/mol. The summed E-state index contributed by atoms with van der Waals surface area (Å²) in [6.45, 7) is 3.51. The van der Waals surface area contributed by atoms with E-state index in [0.29, 0.717) is 0 Å². The van der Waals surface area contributed by atoms with Crippen LogP contribution in [0, 0.1) is 0 Å². The van der Waals surface area contributed by atoms with Crippen molar-refractivity contribution < 1.29 is 9.53 Å². The number of carbonyl (C=O) groups excluding carboxylic acids is 1. The monoisotopic (exact) mass is 159 g/mol. The minimum atomic E-state index is -0.659. The third-order valence-corrected chi connectivity index (χ3v) is 0.642. The van der Waals surface area contributed by atoms with Crippen LogP contribution >= 0.6 is 0 Å². The van der Waals surface area contributed by atoms with E-state index < -0.39 is 6.09 Å². The van der Waals surface area contributed by atoms with E-state index in [4.69, 9.17) is 0 Å². The summed E-state index contributed by atoms with van der Waals surface area (Å²) >= 11 is 0. The van der Waals surface area contributed by atoms with Gasteiger partial charge in [0, 0.05) is 14.1 Å². The standard InChI is InChI=1S/C6H13N3O2/c1-5(2)11-6(10)7-8-9(3)4/h5H,1-4H3. The maximum Gasteiger partial charge on any atom is 0.454 e. The molecule has 0 heterocycles. The highest BCUT2D eigenvalue weighted by Gasteiger charge is 2.01.